The molecule has 2 aliphatic heterocycles. The number of amides is 1. The van der Waals surface area contributed by atoms with Gasteiger partial charge in [0.15, 0.2) is 5.65 Å². The van der Waals surface area contributed by atoms with Gasteiger partial charge < -0.3 is 15.5 Å². The third-order valence-electron chi connectivity index (χ3n) is 7.29. The Kier molecular flexibility index (Phi) is 6.25. The molecule has 0 bridgehead atoms. The Hall–Kier alpha value is -1.57. The van der Waals surface area contributed by atoms with E-state index in [-0.39, 0.29) is 34.7 Å². The lowest BCUT2D eigenvalue weighted by Gasteiger charge is -2.39. The number of alkyl halides is 2. The molecule has 5 rings (SSSR count). The first-order chi connectivity index (χ1) is 15.4. The van der Waals surface area contributed by atoms with E-state index in [2.05, 4.69) is 11.8 Å². The van der Waals surface area contributed by atoms with Gasteiger partial charge in [-0.25, -0.2) is 9.50 Å². The van der Waals surface area contributed by atoms with Gasteiger partial charge in [0.05, 0.1) is 17.7 Å². The Labute approximate surface area is 199 Å². The van der Waals surface area contributed by atoms with Crippen LogP contribution in [0, 0.1) is 12.8 Å². The SMILES string of the molecule is Cc1cn2nc([C@@H]3CCCCN3C(=O)C3CC(Cl)CCC3Cl)cc2nc1N1CC[C@H](N)C1. The molecule has 1 saturated carbocycles. The molecule has 0 spiro atoms. The molecule has 2 aromatic rings. The Morgan fingerprint density at radius 1 is 1.16 bits per heavy atom. The molecule has 3 aliphatic rings. The summed E-state index contributed by atoms with van der Waals surface area (Å²) in [4.78, 5) is 22.7. The summed E-state index contributed by atoms with van der Waals surface area (Å²) in [6.45, 7) is 4.57. The van der Waals surface area contributed by atoms with Crippen molar-refractivity contribution in [1.29, 1.82) is 0 Å². The molecule has 0 aromatic carbocycles. The minimum absolute atomic E-state index is 0.0293. The molecule has 2 N–H and O–H groups in total. The van der Waals surface area contributed by atoms with E-state index >= 15 is 0 Å². The molecular weight excluding hydrogens is 447 g/mol. The number of anilines is 1. The maximum atomic E-state index is 13.5. The van der Waals surface area contributed by atoms with Crippen molar-refractivity contribution >= 4 is 40.6 Å². The van der Waals surface area contributed by atoms with Crippen molar-refractivity contribution in [3.05, 3.63) is 23.5 Å². The second kappa shape index (κ2) is 8.99. The Morgan fingerprint density at radius 3 is 2.78 bits per heavy atom. The average Bonchev–Trinajstić information content (AvgIpc) is 3.40. The topological polar surface area (TPSA) is 79.8 Å². The molecule has 3 unspecified atom stereocenters. The van der Waals surface area contributed by atoms with Gasteiger partial charge in [-0.1, -0.05) is 0 Å². The van der Waals surface area contributed by atoms with E-state index in [4.69, 9.17) is 39.0 Å². The molecular formula is C23H32Cl2N6O. The molecule has 32 heavy (non-hydrogen) atoms. The van der Waals surface area contributed by atoms with Crippen molar-refractivity contribution in [2.24, 2.45) is 11.7 Å². The van der Waals surface area contributed by atoms with Crippen LogP contribution in [0.5, 0.6) is 0 Å². The van der Waals surface area contributed by atoms with Gasteiger partial charge in [-0.3, -0.25) is 4.79 Å². The minimum Gasteiger partial charge on any atom is -0.355 e. The van der Waals surface area contributed by atoms with E-state index in [0.717, 1.165) is 80.9 Å². The van der Waals surface area contributed by atoms with Crippen molar-refractivity contribution in [3.8, 4) is 0 Å². The molecule has 1 aliphatic carbocycles. The second-order valence-corrected chi connectivity index (χ2v) is 10.9. The average molecular weight is 479 g/mol. The highest BCUT2D eigenvalue weighted by Crippen LogP contribution is 2.38. The van der Waals surface area contributed by atoms with Crippen LogP contribution in [0.4, 0.5) is 5.82 Å². The second-order valence-electron chi connectivity index (χ2n) is 9.69. The summed E-state index contributed by atoms with van der Waals surface area (Å²) in [5.41, 5.74) is 8.91. The Bertz CT molecular complexity index is 996. The van der Waals surface area contributed by atoms with Crippen molar-refractivity contribution in [2.75, 3.05) is 24.5 Å². The van der Waals surface area contributed by atoms with E-state index in [9.17, 15) is 4.79 Å². The van der Waals surface area contributed by atoms with Crippen LogP contribution in [0.15, 0.2) is 12.3 Å². The summed E-state index contributed by atoms with van der Waals surface area (Å²) in [7, 11) is 0. The number of piperidine rings is 1. The lowest BCUT2D eigenvalue weighted by atomic mass is 9.86. The number of aryl methyl sites for hydroxylation is 1. The number of hydrogen-bond acceptors (Lipinski definition) is 5. The number of likely N-dealkylation sites (tertiary alicyclic amines) is 1. The lowest BCUT2D eigenvalue weighted by Crippen LogP contribution is -2.46. The fourth-order valence-electron chi connectivity index (χ4n) is 5.54. The van der Waals surface area contributed by atoms with Crippen LogP contribution in [0.25, 0.3) is 5.65 Å². The Morgan fingerprint density at radius 2 is 2.00 bits per heavy atom. The summed E-state index contributed by atoms with van der Waals surface area (Å²) in [5, 5.41) is 4.74. The van der Waals surface area contributed by atoms with E-state index in [1.54, 1.807) is 0 Å². The summed E-state index contributed by atoms with van der Waals surface area (Å²) >= 11 is 13.0. The number of nitrogens with two attached hydrogens (primary N) is 1. The number of carbonyl (C=O) groups is 1. The van der Waals surface area contributed by atoms with Gasteiger partial charge in [-0.15, -0.1) is 23.2 Å². The number of fused-ring (bicyclic) bond motifs is 1. The lowest BCUT2D eigenvalue weighted by molar-refractivity contribution is -0.140. The molecule has 0 radical (unpaired) electrons. The van der Waals surface area contributed by atoms with Crippen LogP contribution < -0.4 is 10.6 Å². The molecule has 1 amide bonds. The van der Waals surface area contributed by atoms with E-state index in [0.29, 0.717) is 6.42 Å². The Balaban J connectivity index is 1.43. The zero-order valence-corrected chi connectivity index (χ0v) is 20.1. The zero-order chi connectivity index (χ0) is 22.4. The number of aromatic nitrogens is 3. The summed E-state index contributed by atoms with van der Waals surface area (Å²) in [5.74, 6) is 0.902. The maximum absolute atomic E-state index is 13.5. The van der Waals surface area contributed by atoms with Crippen LogP contribution in [0.2, 0.25) is 0 Å². The minimum atomic E-state index is -0.211. The third kappa shape index (κ3) is 4.19. The number of rotatable bonds is 3. The molecule has 7 nitrogen and oxygen atoms in total. The first-order valence-electron chi connectivity index (χ1n) is 11.9. The quantitative estimate of drug-likeness (QED) is 0.680. The number of carbonyl (C=O) groups excluding carboxylic acids is 1. The van der Waals surface area contributed by atoms with E-state index < -0.39 is 0 Å². The monoisotopic (exact) mass is 478 g/mol. The smallest absolute Gasteiger partial charge is 0.227 e. The summed E-state index contributed by atoms with van der Waals surface area (Å²) < 4.78 is 1.85. The number of hydrogen-bond donors (Lipinski definition) is 1. The molecule has 5 atom stereocenters. The maximum Gasteiger partial charge on any atom is 0.227 e. The van der Waals surface area contributed by atoms with Crippen LogP contribution in [-0.2, 0) is 4.79 Å². The number of nitrogens with zero attached hydrogens (tertiary/aromatic N) is 5. The third-order valence-corrected chi connectivity index (χ3v) is 8.21. The highest BCUT2D eigenvalue weighted by Gasteiger charge is 2.39. The van der Waals surface area contributed by atoms with Crippen LogP contribution in [-0.4, -0.2) is 61.8 Å². The van der Waals surface area contributed by atoms with Gasteiger partial charge in [0.2, 0.25) is 5.91 Å². The summed E-state index contributed by atoms with van der Waals surface area (Å²) in [6.07, 6.45) is 8.36. The van der Waals surface area contributed by atoms with E-state index in [1.165, 1.54) is 0 Å². The highest BCUT2D eigenvalue weighted by molar-refractivity contribution is 6.23. The predicted octanol–water partition coefficient (Wildman–Crippen LogP) is 3.64. The largest absolute Gasteiger partial charge is 0.355 e. The standard InChI is InChI=1S/C23H32Cl2N6O/c1-14-12-31-21(27-22(14)29-9-7-16(26)13-29)11-19(28-31)20-4-2-3-8-30(20)23(32)17-10-15(24)5-6-18(17)25/h11-12,15-18,20H,2-10,13,26H2,1H3/t15?,16-,17?,18?,20-/m0/s1. The van der Waals surface area contributed by atoms with Crippen LogP contribution in [0.3, 0.4) is 0 Å². The van der Waals surface area contributed by atoms with Gasteiger partial charge in [0, 0.05) is 54.3 Å². The van der Waals surface area contributed by atoms with Gasteiger partial charge in [0.1, 0.15) is 5.82 Å². The first kappa shape index (κ1) is 22.2. The van der Waals surface area contributed by atoms with Crippen molar-refractivity contribution in [1.82, 2.24) is 19.5 Å². The predicted molar refractivity (Wildman–Crippen MR) is 127 cm³/mol. The molecule has 2 saturated heterocycles. The number of halogens is 2. The molecule has 2 aromatic heterocycles. The van der Waals surface area contributed by atoms with Gasteiger partial charge in [-0.05, 0) is 51.9 Å². The molecule has 174 valence electrons. The van der Waals surface area contributed by atoms with Crippen LogP contribution in [0.1, 0.15) is 62.2 Å². The van der Waals surface area contributed by atoms with Crippen molar-refractivity contribution in [2.45, 2.75) is 74.7 Å². The molecule has 3 fully saturated rings. The zero-order valence-electron chi connectivity index (χ0n) is 18.6. The van der Waals surface area contributed by atoms with Crippen molar-refractivity contribution in [3.63, 3.8) is 0 Å². The van der Waals surface area contributed by atoms with E-state index in [1.807, 2.05) is 21.7 Å². The van der Waals surface area contributed by atoms with Gasteiger partial charge >= 0.3 is 0 Å². The first-order valence-corrected chi connectivity index (χ1v) is 12.7. The van der Waals surface area contributed by atoms with Crippen LogP contribution >= 0.6 is 23.2 Å². The summed E-state index contributed by atoms with van der Waals surface area (Å²) in [6, 6.07) is 2.20. The van der Waals surface area contributed by atoms with Gasteiger partial charge in [0.25, 0.3) is 0 Å². The molecule has 9 heteroatoms. The van der Waals surface area contributed by atoms with Crippen molar-refractivity contribution < 1.29 is 4.79 Å². The fraction of sp³-hybridized carbons (Fsp3) is 0.696. The highest BCUT2D eigenvalue weighted by atomic mass is 35.5. The fourth-order valence-corrected chi connectivity index (χ4v) is 6.19. The molecule has 4 heterocycles. The van der Waals surface area contributed by atoms with Gasteiger partial charge in [-0.2, -0.15) is 5.10 Å². The normalized spacial score (nSPS) is 31.4.